The Morgan fingerprint density at radius 2 is 1.00 bits per heavy atom. The van der Waals surface area contributed by atoms with Gasteiger partial charge in [0.25, 0.3) is 0 Å². The van der Waals surface area contributed by atoms with Gasteiger partial charge in [0, 0.05) is 31.9 Å². The molecular weight excluding hydrogens is 440 g/mol. The van der Waals surface area contributed by atoms with Gasteiger partial charge in [0.1, 0.15) is 11.5 Å². The maximum absolute atomic E-state index is 6.54. The number of hydrogen-bond acceptors (Lipinski definition) is 1. The molecule has 25 heavy (non-hydrogen) atoms. The molecule has 1 aliphatic carbocycles. The van der Waals surface area contributed by atoms with E-state index < -0.39 is 0 Å². The van der Waals surface area contributed by atoms with Crippen LogP contribution >= 0.6 is 31.9 Å². The van der Waals surface area contributed by atoms with Crippen molar-refractivity contribution in [1.29, 1.82) is 0 Å². The summed E-state index contributed by atoms with van der Waals surface area (Å²) in [6.45, 7) is 4.57. The van der Waals surface area contributed by atoms with E-state index in [9.17, 15) is 0 Å². The fourth-order valence-corrected chi connectivity index (χ4v) is 5.28. The first-order valence-corrected chi connectivity index (χ1v) is 10.5. The van der Waals surface area contributed by atoms with Crippen molar-refractivity contribution in [3.63, 3.8) is 0 Å². The highest BCUT2D eigenvalue weighted by atomic mass is 79.9. The highest BCUT2D eigenvalue weighted by Crippen LogP contribution is 2.53. The minimum atomic E-state index is 0.368. The Morgan fingerprint density at radius 1 is 0.640 bits per heavy atom. The van der Waals surface area contributed by atoms with Crippen molar-refractivity contribution in [3.8, 4) is 22.6 Å². The second-order valence-corrected chi connectivity index (χ2v) is 8.90. The van der Waals surface area contributed by atoms with Crippen LogP contribution in [0.2, 0.25) is 0 Å². The summed E-state index contributed by atoms with van der Waals surface area (Å²) in [6, 6.07) is 20.9. The number of benzene rings is 2. The molecule has 0 spiro atoms. The Bertz CT molecular complexity index is 798. The van der Waals surface area contributed by atoms with Gasteiger partial charge in [-0.15, -0.1) is 0 Å². The van der Waals surface area contributed by atoms with Crippen LogP contribution in [-0.4, -0.2) is 9.65 Å². The van der Waals surface area contributed by atoms with Crippen LogP contribution in [0.5, 0.6) is 0 Å². The number of fused-ring (bicyclic) bond motifs is 1. The molecule has 3 aromatic rings. The van der Waals surface area contributed by atoms with Gasteiger partial charge in [-0.3, -0.25) is 0 Å². The largest absolute Gasteiger partial charge is 0.455 e. The van der Waals surface area contributed by atoms with E-state index in [0.717, 1.165) is 22.6 Å². The fourth-order valence-electron chi connectivity index (χ4n) is 3.84. The molecular formula is C22H20Br2O. The van der Waals surface area contributed by atoms with Gasteiger partial charge in [0.2, 0.25) is 0 Å². The van der Waals surface area contributed by atoms with E-state index in [1.807, 2.05) is 12.1 Å². The van der Waals surface area contributed by atoms with Crippen LogP contribution < -0.4 is 0 Å². The Balaban J connectivity index is 2.01. The lowest BCUT2D eigenvalue weighted by atomic mass is 9.77. The normalized spacial score (nSPS) is 25.6. The summed E-state index contributed by atoms with van der Waals surface area (Å²) in [6.07, 6.45) is 0. The topological polar surface area (TPSA) is 13.1 Å². The first-order valence-electron chi connectivity index (χ1n) is 8.65. The summed E-state index contributed by atoms with van der Waals surface area (Å²) in [7, 11) is 0. The average Bonchev–Trinajstić information content (AvgIpc) is 3.07. The molecule has 1 nitrogen and oxygen atoms in total. The van der Waals surface area contributed by atoms with Crippen LogP contribution in [0.15, 0.2) is 65.1 Å². The molecule has 3 heteroatoms. The van der Waals surface area contributed by atoms with E-state index >= 15 is 0 Å². The molecule has 4 atom stereocenters. The van der Waals surface area contributed by atoms with Gasteiger partial charge >= 0.3 is 0 Å². The second-order valence-electron chi connectivity index (χ2n) is 6.79. The first-order chi connectivity index (χ1) is 12.1. The first kappa shape index (κ1) is 17.1. The smallest absolute Gasteiger partial charge is 0.138 e. The Morgan fingerprint density at radius 3 is 1.36 bits per heavy atom. The third kappa shape index (κ3) is 2.82. The number of halogens is 2. The average molecular weight is 460 g/mol. The highest BCUT2D eigenvalue weighted by molar-refractivity contribution is 9.12. The molecule has 1 aromatic heterocycles. The lowest BCUT2D eigenvalue weighted by Crippen LogP contribution is -2.31. The number of alkyl halides is 2. The molecule has 4 rings (SSSR count). The summed E-state index contributed by atoms with van der Waals surface area (Å²) < 4.78 is 6.54. The quantitative estimate of drug-likeness (QED) is 0.364. The van der Waals surface area contributed by atoms with Crippen molar-refractivity contribution in [3.05, 3.63) is 71.8 Å². The van der Waals surface area contributed by atoms with Crippen molar-refractivity contribution in [1.82, 2.24) is 0 Å². The van der Waals surface area contributed by atoms with E-state index in [1.54, 1.807) is 0 Å². The molecule has 2 aromatic carbocycles. The van der Waals surface area contributed by atoms with Gasteiger partial charge in [-0.25, -0.2) is 0 Å². The van der Waals surface area contributed by atoms with Crippen molar-refractivity contribution < 1.29 is 4.42 Å². The zero-order valence-corrected chi connectivity index (χ0v) is 17.4. The van der Waals surface area contributed by atoms with Crippen LogP contribution in [0.1, 0.15) is 36.8 Å². The van der Waals surface area contributed by atoms with Gasteiger partial charge in [-0.05, 0) is 11.8 Å². The Hall–Kier alpha value is -1.32. The van der Waals surface area contributed by atoms with Crippen LogP contribution in [0, 0.1) is 0 Å². The Kier molecular flexibility index (Phi) is 4.63. The number of hydrogen-bond donors (Lipinski definition) is 0. The third-order valence-corrected chi connectivity index (χ3v) is 8.66. The lowest BCUT2D eigenvalue weighted by molar-refractivity contribution is 0.574. The lowest BCUT2D eigenvalue weighted by Gasteiger charge is -2.35. The molecule has 1 aliphatic rings. The zero-order valence-electron chi connectivity index (χ0n) is 14.2. The molecule has 0 saturated carbocycles. The highest BCUT2D eigenvalue weighted by Gasteiger charge is 2.41. The van der Waals surface area contributed by atoms with E-state index in [1.165, 1.54) is 11.1 Å². The SMILES string of the molecule is CC1c2c(-c3ccccc3)oc(-c3ccccc3)c2C(C)C(Br)C1Br. The minimum absolute atomic E-state index is 0.368. The molecule has 0 amide bonds. The van der Waals surface area contributed by atoms with Gasteiger partial charge in [-0.1, -0.05) is 106 Å². The summed E-state index contributed by atoms with van der Waals surface area (Å²) in [5.74, 6) is 2.76. The summed E-state index contributed by atoms with van der Waals surface area (Å²) in [5.41, 5.74) is 4.98. The molecule has 1 heterocycles. The summed E-state index contributed by atoms with van der Waals surface area (Å²) in [4.78, 5) is 0.748. The zero-order chi connectivity index (χ0) is 17.6. The third-order valence-electron chi connectivity index (χ3n) is 5.23. The molecule has 0 N–H and O–H groups in total. The predicted octanol–water partition coefficient (Wildman–Crippen LogP) is 7.36. The van der Waals surface area contributed by atoms with Crippen LogP contribution in [0.4, 0.5) is 0 Å². The van der Waals surface area contributed by atoms with E-state index in [0.29, 0.717) is 21.5 Å². The fraction of sp³-hybridized carbons (Fsp3) is 0.273. The number of furan rings is 1. The minimum Gasteiger partial charge on any atom is -0.455 e. The van der Waals surface area contributed by atoms with Crippen molar-refractivity contribution in [2.75, 3.05) is 0 Å². The number of rotatable bonds is 2. The van der Waals surface area contributed by atoms with E-state index in [-0.39, 0.29) is 0 Å². The molecule has 0 radical (unpaired) electrons. The molecule has 0 bridgehead atoms. The summed E-state index contributed by atoms with van der Waals surface area (Å²) >= 11 is 7.83. The van der Waals surface area contributed by atoms with E-state index in [2.05, 4.69) is 94.2 Å². The Labute approximate surface area is 165 Å². The standard InChI is InChI=1S/C22H20Br2O/c1-13-17-18(14(2)20(24)19(13)23)22(16-11-7-4-8-12-16)25-21(17)15-9-5-3-6-10-15/h3-14,19-20H,1-2H3. The molecule has 0 aliphatic heterocycles. The van der Waals surface area contributed by atoms with Gasteiger partial charge in [0.15, 0.2) is 0 Å². The molecule has 0 fully saturated rings. The molecule has 0 saturated heterocycles. The van der Waals surface area contributed by atoms with Crippen molar-refractivity contribution in [2.24, 2.45) is 0 Å². The van der Waals surface area contributed by atoms with Crippen LogP contribution in [-0.2, 0) is 0 Å². The predicted molar refractivity (Wildman–Crippen MR) is 112 cm³/mol. The van der Waals surface area contributed by atoms with E-state index in [4.69, 9.17) is 4.42 Å². The maximum atomic E-state index is 6.54. The maximum Gasteiger partial charge on any atom is 0.138 e. The van der Waals surface area contributed by atoms with Crippen LogP contribution in [0.25, 0.3) is 22.6 Å². The molecule has 4 unspecified atom stereocenters. The van der Waals surface area contributed by atoms with Crippen molar-refractivity contribution >= 4 is 31.9 Å². The van der Waals surface area contributed by atoms with Gasteiger partial charge in [0.05, 0.1) is 0 Å². The second kappa shape index (κ2) is 6.77. The summed E-state index contributed by atoms with van der Waals surface area (Å²) in [5, 5.41) is 0. The van der Waals surface area contributed by atoms with Gasteiger partial charge in [-0.2, -0.15) is 0 Å². The van der Waals surface area contributed by atoms with Gasteiger partial charge < -0.3 is 4.42 Å². The van der Waals surface area contributed by atoms with Crippen molar-refractivity contribution in [2.45, 2.75) is 35.3 Å². The monoisotopic (exact) mass is 458 g/mol. The molecule has 128 valence electrons. The van der Waals surface area contributed by atoms with Crippen LogP contribution in [0.3, 0.4) is 0 Å².